The lowest BCUT2D eigenvalue weighted by Gasteiger charge is -2.24. The number of benzene rings is 3. The molecule has 3 heterocycles. The highest BCUT2D eigenvalue weighted by Gasteiger charge is 2.22. The quantitative estimate of drug-likeness (QED) is 0.284. The van der Waals surface area contributed by atoms with E-state index in [2.05, 4.69) is 71.2 Å². The number of para-hydroxylation sites is 1. The van der Waals surface area contributed by atoms with Gasteiger partial charge >= 0.3 is 0 Å². The van der Waals surface area contributed by atoms with Crippen LogP contribution in [0.1, 0.15) is 39.5 Å². The topological polar surface area (TPSA) is 58.2 Å². The lowest BCUT2D eigenvalue weighted by molar-refractivity contribution is 0.589. The molecule has 6 aromatic rings. The Morgan fingerprint density at radius 3 is 2.53 bits per heavy atom. The molecule has 0 bridgehead atoms. The minimum absolute atomic E-state index is 0.700. The summed E-state index contributed by atoms with van der Waals surface area (Å²) in [5, 5.41) is 4.54. The second kappa shape index (κ2) is 7.59. The van der Waals surface area contributed by atoms with Crippen molar-refractivity contribution in [3.8, 4) is 0 Å². The minimum Gasteiger partial charge on any atom is -0.452 e. The van der Waals surface area contributed by atoms with Crippen molar-refractivity contribution in [2.45, 2.75) is 39.5 Å². The summed E-state index contributed by atoms with van der Waals surface area (Å²) in [6.07, 6.45) is 6.27. The third-order valence-electron chi connectivity index (χ3n) is 6.57. The predicted molar refractivity (Wildman–Crippen MR) is 133 cm³/mol. The van der Waals surface area contributed by atoms with Crippen LogP contribution in [0.5, 0.6) is 0 Å². The summed E-state index contributed by atoms with van der Waals surface area (Å²) < 4.78 is 12.3. The van der Waals surface area contributed by atoms with Gasteiger partial charge in [0.05, 0.1) is 5.52 Å². The number of hydrogen-bond donors (Lipinski definition) is 1. The van der Waals surface area contributed by atoms with Gasteiger partial charge < -0.3 is 18.7 Å². The van der Waals surface area contributed by atoms with Crippen LogP contribution in [0.3, 0.4) is 0 Å². The SMILES string of the molecule is CCCCN(CCCC)c1ccc2c(c1)oc1c3ocnc3c3[nH]c4ccccc4c3c21. The zero-order valence-electron chi connectivity index (χ0n) is 18.6. The Morgan fingerprint density at radius 1 is 0.906 bits per heavy atom. The van der Waals surface area contributed by atoms with E-state index in [1.165, 1.54) is 43.2 Å². The van der Waals surface area contributed by atoms with Crippen LogP contribution >= 0.6 is 0 Å². The number of hydrogen-bond acceptors (Lipinski definition) is 4. The molecule has 5 heteroatoms. The molecule has 0 radical (unpaired) electrons. The van der Waals surface area contributed by atoms with E-state index in [1.807, 2.05) is 0 Å². The number of aromatic nitrogens is 2. The molecule has 0 amide bonds. The molecular formula is C27H27N3O2. The van der Waals surface area contributed by atoms with Gasteiger partial charge in [-0.25, -0.2) is 4.98 Å². The second-order valence-corrected chi connectivity index (χ2v) is 8.63. The number of oxazole rings is 1. The van der Waals surface area contributed by atoms with Crippen LogP contribution in [0.4, 0.5) is 5.69 Å². The maximum absolute atomic E-state index is 6.48. The van der Waals surface area contributed by atoms with Crippen LogP contribution < -0.4 is 4.90 Å². The molecule has 0 fully saturated rings. The van der Waals surface area contributed by atoms with E-state index in [9.17, 15) is 0 Å². The summed E-state index contributed by atoms with van der Waals surface area (Å²) in [5.41, 5.74) is 6.50. The first-order valence-corrected chi connectivity index (χ1v) is 11.7. The third kappa shape index (κ3) is 2.80. The maximum atomic E-state index is 6.48. The largest absolute Gasteiger partial charge is 0.452 e. The Balaban J connectivity index is 1.64. The summed E-state index contributed by atoms with van der Waals surface area (Å²) in [7, 11) is 0. The van der Waals surface area contributed by atoms with Gasteiger partial charge in [0.15, 0.2) is 17.6 Å². The highest BCUT2D eigenvalue weighted by Crippen LogP contribution is 2.43. The summed E-state index contributed by atoms with van der Waals surface area (Å²) in [6.45, 7) is 6.63. The highest BCUT2D eigenvalue weighted by molar-refractivity contribution is 6.33. The lowest BCUT2D eigenvalue weighted by atomic mass is 10.0. The van der Waals surface area contributed by atoms with E-state index < -0.39 is 0 Å². The fourth-order valence-corrected chi connectivity index (χ4v) is 4.92. The average molecular weight is 426 g/mol. The Morgan fingerprint density at radius 2 is 1.72 bits per heavy atom. The molecule has 0 unspecified atom stereocenters. The summed E-state index contributed by atoms with van der Waals surface area (Å²) >= 11 is 0. The Kier molecular flexibility index (Phi) is 4.56. The van der Waals surface area contributed by atoms with Gasteiger partial charge in [0.25, 0.3) is 0 Å². The van der Waals surface area contributed by atoms with Crippen molar-refractivity contribution in [1.29, 1.82) is 0 Å². The van der Waals surface area contributed by atoms with E-state index in [0.717, 1.165) is 57.0 Å². The smallest absolute Gasteiger partial charge is 0.199 e. The van der Waals surface area contributed by atoms with Crippen LogP contribution in [0.15, 0.2) is 57.7 Å². The number of furan rings is 1. The number of H-pyrrole nitrogens is 1. The Bertz CT molecular complexity index is 1560. The molecule has 0 saturated carbocycles. The highest BCUT2D eigenvalue weighted by atomic mass is 16.4. The average Bonchev–Trinajstić information content (AvgIpc) is 3.53. The number of aromatic amines is 1. The van der Waals surface area contributed by atoms with E-state index in [4.69, 9.17) is 8.83 Å². The van der Waals surface area contributed by atoms with Gasteiger partial charge in [-0.05, 0) is 31.0 Å². The molecule has 32 heavy (non-hydrogen) atoms. The maximum Gasteiger partial charge on any atom is 0.199 e. The van der Waals surface area contributed by atoms with Crippen LogP contribution in [0.2, 0.25) is 0 Å². The van der Waals surface area contributed by atoms with Crippen molar-refractivity contribution in [2.75, 3.05) is 18.0 Å². The molecule has 0 aliphatic rings. The summed E-state index contributed by atoms with van der Waals surface area (Å²) in [5.74, 6) is 0. The van der Waals surface area contributed by atoms with Gasteiger partial charge in [0.2, 0.25) is 0 Å². The van der Waals surface area contributed by atoms with Crippen molar-refractivity contribution < 1.29 is 8.83 Å². The summed E-state index contributed by atoms with van der Waals surface area (Å²) in [4.78, 5) is 10.6. The fourth-order valence-electron chi connectivity index (χ4n) is 4.92. The van der Waals surface area contributed by atoms with Crippen molar-refractivity contribution in [2.24, 2.45) is 0 Å². The van der Waals surface area contributed by atoms with E-state index in [1.54, 1.807) is 0 Å². The predicted octanol–water partition coefficient (Wildman–Crippen LogP) is 7.77. The molecule has 0 aliphatic carbocycles. The number of unbranched alkanes of at least 4 members (excludes halogenated alkanes) is 2. The van der Waals surface area contributed by atoms with Crippen molar-refractivity contribution in [3.63, 3.8) is 0 Å². The number of nitrogens with zero attached hydrogens (tertiary/aromatic N) is 2. The van der Waals surface area contributed by atoms with Crippen LogP contribution in [0.25, 0.3) is 54.8 Å². The molecular weight excluding hydrogens is 398 g/mol. The molecule has 0 spiro atoms. The molecule has 3 aromatic carbocycles. The van der Waals surface area contributed by atoms with Gasteiger partial charge in [-0.2, -0.15) is 0 Å². The Labute approximate surface area is 186 Å². The van der Waals surface area contributed by atoms with Crippen molar-refractivity contribution >= 4 is 60.5 Å². The third-order valence-corrected chi connectivity index (χ3v) is 6.57. The van der Waals surface area contributed by atoms with Crippen LogP contribution in [-0.4, -0.2) is 23.1 Å². The summed E-state index contributed by atoms with van der Waals surface area (Å²) in [6, 6.07) is 15.0. The van der Waals surface area contributed by atoms with Crippen molar-refractivity contribution in [3.05, 3.63) is 48.9 Å². The van der Waals surface area contributed by atoms with Gasteiger partial charge in [-0.3, -0.25) is 0 Å². The molecule has 1 N–H and O–H groups in total. The zero-order valence-corrected chi connectivity index (χ0v) is 18.6. The van der Waals surface area contributed by atoms with Crippen LogP contribution in [-0.2, 0) is 0 Å². The van der Waals surface area contributed by atoms with Crippen molar-refractivity contribution in [1.82, 2.24) is 9.97 Å². The van der Waals surface area contributed by atoms with Gasteiger partial charge in [-0.15, -0.1) is 0 Å². The lowest BCUT2D eigenvalue weighted by Crippen LogP contribution is -2.25. The number of fused-ring (bicyclic) bond motifs is 10. The number of rotatable bonds is 7. The molecule has 0 saturated heterocycles. The van der Waals surface area contributed by atoms with E-state index in [0.29, 0.717) is 5.58 Å². The molecule has 0 aliphatic heterocycles. The number of nitrogens with one attached hydrogen (secondary N) is 1. The van der Waals surface area contributed by atoms with Gasteiger partial charge in [0, 0.05) is 51.9 Å². The first-order chi connectivity index (χ1) is 15.8. The Hall–Kier alpha value is -3.47. The first-order valence-electron chi connectivity index (χ1n) is 11.7. The molecule has 5 nitrogen and oxygen atoms in total. The zero-order chi connectivity index (χ0) is 21.7. The first kappa shape index (κ1) is 19.2. The molecule has 0 atom stereocenters. The van der Waals surface area contributed by atoms with Crippen LogP contribution in [0, 0.1) is 0 Å². The molecule has 162 valence electrons. The standard InChI is InChI=1S/C27H27N3O2/c1-3-5-13-30(14-6-4-2)17-11-12-19-21(15-17)32-26-23(19)22-18-9-7-8-10-20(18)29-24(22)25-27(26)31-16-28-25/h7-12,15-16,29H,3-6,13-14H2,1-2H3. The minimum atomic E-state index is 0.700. The number of anilines is 1. The fraction of sp³-hybridized carbons (Fsp3) is 0.296. The molecule has 3 aromatic heterocycles. The van der Waals surface area contributed by atoms with E-state index >= 15 is 0 Å². The van der Waals surface area contributed by atoms with E-state index in [-0.39, 0.29) is 0 Å². The second-order valence-electron chi connectivity index (χ2n) is 8.63. The van der Waals surface area contributed by atoms with Gasteiger partial charge in [0.1, 0.15) is 11.1 Å². The molecule has 6 rings (SSSR count). The van der Waals surface area contributed by atoms with Gasteiger partial charge in [-0.1, -0.05) is 44.9 Å². The monoisotopic (exact) mass is 425 g/mol. The normalized spacial score (nSPS) is 12.2.